The molecule has 0 saturated heterocycles. The molecule has 0 aliphatic carbocycles. The number of ether oxygens (including phenoxy) is 1. The van der Waals surface area contributed by atoms with Crippen molar-refractivity contribution < 1.29 is 17.9 Å². The number of ketones is 1. The molecule has 2 rings (SSSR count). The fraction of sp³-hybridized carbons (Fsp3) is 0.0714. The summed E-state index contributed by atoms with van der Waals surface area (Å²) in [5, 5.41) is 0. The molecule has 2 aromatic carbocycles. The van der Waals surface area contributed by atoms with Crippen molar-refractivity contribution in [3.05, 3.63) is 59.7 Å². The Hall–Kier alpha value is -1.85. The van der Waals surface area contributed by atoms with E-state index in [0.717, 1.165) is 0 Å². The van der Waals surface area contributed by atoms with Crippen LogP contribution in [0.5, 0.6) is 5.75 Å². The Kier molecular flexibility index (Phi) is 4.11. The predicted molar refractivity (Wildman–Crippen MR) is 75.9 cm³/mol. The van der Waals surface area contributed by atoms with Gasteiger partial charge in [0.1, 0.15) is 10.6 Å². The Balaban J connectivity index is 2.52. The van der Waals surface area contributed by atoms with Crippen molar-refractivity contribution >= 4 is 25.5 Å². The number of halogens is 1. The lowest BCUT2D eigenvalue weighted by atomic mass is 10.0. The number of hydrogen-bond donors (Lipinski definition) is 0. The van der Waals surface area contributed by atoms with Gasteiger partial charge in [0.15, 0.2) is 5.78 Å². The zero-order chi connectivity index (χ0) is 14.8. The van der Waals surface area contributed by atoms with E-state index in [0.29, 0.717) is 5.56 Å². The van der Waals surface area contributed by atoms with Crippen LogP contribution in [-0.2, 0) is 9.05 Å². The SMILES string of the molecule is COc1ccc(C(=O)c2ccccc2)cc1S(=O)(=O)Cl. The molecule has 0 fully saturated rings. The minimum atomic E-state index is -3.99. The number of benzene rings is 2. The lowest BCUT2D eigenvalue weighted by molar-refractivity contribution is 0.103. The van der Waals surface area contributed by atoms with E-state index in [1.165, 1.54) is 25.3 Å². The third-order valence-electron chi connectivity index (χ3n) is 2.72. The highest BCUT2D eigenvalue weighted by Crippen LogP contribution is 2.28. The van der Waals surface area contributed by atoms with Crippen molar-refractivity contribution in [1.29, 1.82) is 0 Å². The second-order valence-electron chi connectivity index (χ2n) is 4.00. The smallest absolute Gasteiger partial charge is 0.265 e. The van der Waals surface area contributed by atoms with E-state index < -0.39 is 9.05 Å². The number of methoxy groups -OCH3 is 1. The lowest BCUT2D eigenvalue weighted by Crippen LogP contribution is -2.04. The number of carbonyl (C=O) groups is 1. The fourth-order valence-corrected chi connectivity index (χ4v) is 2.79. The summed E-state index contributed by atoms with van der Waals surface area (Å²) in [6, 6.07) is 12.7. The van der Waals surface area contributed by atoms with Crippen LogP contribution in [0.4, 0.5) is 0 Å². The van der Waals surface area contributed by atoms with E-state index in [2.05, 4.69) is 0 Å². The van der Waals surface area contributed by atoms with E-state index in [4.69, 9.17) is 15.4 Å². The van der Waals surface area contributed by atoms with Crippen molar-refractivity contribution in [2.75, 3.05) is 7.11 Å². The average molecular weight is 311 g/mol. The van der Waals surface area contributed by atoms with Crippen LogP contribution in [0.25, 0.3) is 0 Å². The molecule has 0 bridgehead atoms. The van der Waals surface area contributed by atoms with Gasteiger partial charge in [0.25, 0.3) is 9.05 Å². The maximum Gasteiger partial charge on any atom is 0.265 e. The van der Waals surface area contributed by atoms with Gasteiger partial charge in [-0.1, -0.05) is 30.3 Å². The first-order chi connectivity index (χ1) is 9.43. The van der Waals surface area contributed by atoms with Crippen LogP contribution in [0, 0.1) is 0 Å². The maximum absolute atomic E-state index is 12.2. The van der Waals surface area contributed by atoms with Crippen LogP contribution < -0.4 is 4.74 Å². The van der Waals surface area contributed by atoms with Gasteiger partial charge in [-0.05, 0) is 18.2 Å². The molecular formula is C14H11ClO4S. The topological polar surface area (TPSA) is 60.4 Å². The Morgan fingerprint density at radius 3 is 2.25 bits per heavy atom. The van der Waals surface area contributed by atoms with Crippen LogP contribution in [0.15, 0.2) is 53.4 Å². The zero-order valence-corrected chi connectivity index (χ0v) is 12.1. The molecule has 0 radical (unpaired) electrons. The maximum atomic E-state index is 12.2. The number of rotatable bonds is 4. The van der Waals surface area contributed by atoms with Crippen LogP contribution in [-0.4, -0.2) is 21.3 Å². The molecule has 0 heterocycles. The summed E-state index contributed by atoms with van der Waals surface area (Å²) in [6.45, 7) is 0. The first-order valence-corrected chi connectivity index (χ1v) is 7.97. The first-order valence-electron chi connectivity index (χ1n) is 5.66. The molecule has 0 unspecified atom stereocenters. The highest BCUT2D eigenvalue weighted by atomic mass is 35.7. The largest absolute Gasteiger partial charge is 0.495 e. The summed E-state index contributed by atoms with van der Waals surface area (Å²) in [7, 11) is 2.69. The van der Waals surface area contributed by atoms with Gasteiger partial charge in [-0.15, -0.1) is 0 Å². The number of hydrogen-bond acceptors (Lipinski definition) is 4. The minimum absolute atomic E-state index is 0.101. The summed E-state index contributed by atoms with van der Waals surface area (Å²) < 4.78 is 27.9. The van der Waals surface area contributed by atoms with Crippen LogP contribution in [0.1, 0.15) is 15.9 Å². The molecule has 104 valence electrons. The quantitative estimate of drug-likeness (QED) is 0.643. The average Bonchev–Trinajstić information content (AvgIpc) is 2.46. The van der Waals surface area contributed by atoms with Crippen LogP contribution in [0.3, 0.4) is 0 Å². The van der Waals surface area contributed by atoms with E-state index in [9.17, 15) is 13.2 Å². The molecule has 2 aromatic rings. The standard InChI is InChI=1S/C14H11ClO4S/c1-19-12-8-7-11(9-13(12)20(15,17)18)14(16)10-5-3-2-4-6-10/h2-9H,1H3. The molecule has 6 heteroatoms. The summed E-state index contributed by atoms with van der Waals surface area (Å²) in [5.41, 5.74) is 0.701. The van der Waals surface area contributed by atoms with Gasteiger partial charge in [0.2, 0.25) is 0 Å². The molecule has 0 aliphatic heterocycles. The second kappa shape index (κ2) is 5.64. The van der Waals surface area contributed by atoms with Crippen molar-refractivity contribution in [1.82, 2.24) is 0 Å². The molecule has 0 amide bonds. The third-order valence-corrected chi connectivity index (χ3v) is 4.07. The Labute approximate surface area is 121 Å². The molecule has 20 heavy (non-hydrogen) atoms. The molecule has 0 N–H and O–H groups in total. The van der Waals surface area contributed by atoms with E-state index in [1.807, 2.05) is 0 Å². The van der Waals surface area contributed by atoms with E-state index in [1.54, 1.807) is 30.3 Å². The Morgan fingerprint density at radius 1 is 1.05 bits per heavy atom. The van der Waals surface area contributed by atoms with Gasteiger partial charge >= 0.3 is 0 Å². The van der Waals surface area contributed by atoms with E-state index >= 15 is 0 Å². The Morgan fingerprint density at radius 2 is 1.70 bits per heavy atom. The van der Waals surface area contributed by atoms with E-state index in [-0.39, 0.29) is 22.0 Å². The van der Waals surface area contributed by atoms with Gasteiger partial charge in [0.05, 0.1) is 7.11 Å². The fourth-order valence-electron chi connectivity index (χ4n) is 1.76. The monoisotopic (exact) mass is 310 g/mol. The molecule has 0 saturated carbocycles. The van der Waals surface area contributed by atoms with Crippen LogP contribution in [0.2, 0.25) is 0 Å². The summed E-state index contributed by atoms with van der Waals surface area (Å²) >= 11 is 0. The summed E-state index contributed by atoms with van der Waals surface area (Å²) in [6.07, 6.45) is 0. The summed E-state index contributed by atoms with van der Waals surface area (Å²) in [4.78, 5) is 12.0. The normalized spacial score (nSPS) is 11.1. The highest BCUT2D eigenvalue weighted by molar-refractivity contribution is 8.13. The minimum Gasteiger partial charge on any atom is -0.495 e. The van der Waals surface area contributed by atoms with Gasteiger partial charge < -0.3 is 4.74 Å². The van der Waals surface area contributed by atoms with Crippen molar-refractivity contribution in [3.8, 4) is 5.75 Å². The third kappa shape index (κ3) is 3.00. The van der Waals surface area contributed by atoms with Crippen molar-refractivity contribution in [2.45, 2.75) is 4.90 Å². The Bertz CT molecular complexity index is 739. The zero-order valence-electron chi connectivity index (χ0n) is 10.5. The molecule has 0 aliphatic rings. The van der Waals surface area contributed by atoms with Gasteiger partial charge in [-0.2, -0.15) is 0 Å². The molecule has 0 spiro atoms. The lowest BCUT2D eigenvalue weighted by Gasteiger charge is -2.08. The van der Waals surface area contributed by atoms with Gasteiger partial charge in [-0.3, -0.25) is 4.79 Å². The van der Waals surface area contributed by atoms with Crippen molar-refractivity contribution in [3.63, 3.8) is 0 Å². The van der Waals surface area contributed by atoms with Gasteiger partial charge in [-0.25, -0.2) is 8.42 Å². The number of carbonyl (C=O) groups excluding carboxylic acids is 1. The van der Waals surface area contributed by atoms with Gasteiger partial charge in [0, 0.05) is 21.8 Å². The summed E-state index contributed by atoms with van der Waals surface area (Å²) in [5.74, 6) is -0.181. The first kappa shape index (κ1) is 14.6. The molecule has 4 nitrogen and oxygen atoms in total. The molecule has 0 aromatic heterocycles. The molecule has 0 atom stereocenters. The van der Waals surface area contributed by atoms with Crippen molar-refractivity contribution in [2.24, 2.45) is 0 Å². The highest BCUT2D eigenvalue weighted by Gasteiger charge is 2.19. The predicted octanol–water partition coefficient (Wildman–Crippen LogP) is 2.85. The second-order valence-corrected chi connectivity index (χ2v) is 6.53. The van der Waals surface area contributed by atoms with Crippen LogP contribution >= 0.6 is 10.7 Å². The molecular weight excluding hydrogens is 300 g/mol.